The van der Waals surface area contributed by atoms with Crippen molar-refractivity contribution < 1.29 is 0 Å². The first kappa shape index (κ1) is 10.7. The second-order valence-electron chi connectivity index (χ2n) is 6.26. The number of pyridine rings is 1. The molecule has 5 rings (SSSR count). The van der Waals surface area contributed by atoms with Crippen molar-refractivity contribution in [2.75, 3.05) is 0 Å². The normalized spacial score (nSPS) is 27.4. The molecule has 0 aromatic carbocycles. The Hall–Kier alpha value is -1.15. The van der Waals surface area contributed by atoms with Gasteiger partial charge < -0.3 is 0 Å². The summed E-state index contributed by atoms with van der Waals surface area (Å²) in [4.78, 5) is 5.97. The molecular formula is C16H17NS. The molecule has 92 valence electrons. The highest BCUT2D eigenvalue weighted by molar-refractivity contribution is 7.13. The molecule has 1 fully saturated rings. The van der Waals surface area contributed by atoms with E-state index in [2.05, 4.69) is 48.6 Å². The van der Waals surface area contributed by atoms with Gasteiger partial charge in [-0.2, -0.15) is 0 Å². The van der Waals surface area contributed by atoms with Gasteiger partial charge in [0.05, 0.1) is 10.6 Å². The summed E-state index contributed by atoms with van der Waals surface area (Å²) in [5, 5.41) is 2.12. The zero-order valence-electron chi connectivity index (χ0n) is 10.8. The number of nitrogens with zero attached hydrogens (tertiary/aromatic N) is 1. The Morgan fingerprint density at radius 1 is 1.39 bits per heavy atom. The molecule has 1 nitrogen and oxygen atoms in total. The minimum absolute atomic E-state index is 0.499. The first-order chi connectivity index (χ1) is 8.66. The third-order valence-corrected chi connectivity index (χ3v) is 6.00. The van der Waals surface area contributed by atoms with Crippen LogP contribution in [0.3, 0.4) is 0 Å². The maximum absolute atomic E-state index is 4.69. The molecule has 2 heterocycles. The second kappa shape index (κ2) is 3.45. The van der Waals surface area contributed by atoms with E-state index in [1.165, 1.54) is 23.3 Å². The molecule has 2 atom stereocenters. The van der Waals surface area contributed by atoms with Crippen LogP contribution in [-0.4, -0.2) is 4.98 Å². The van der Waals surface area contributed by atoms with E-state index in [0.717, 1.165) is 17.5 Å². The zero-order valence-corrected chi connectivity index (χ0v) is 11.6. The molecule has 0 radical (unpaired) electrons. The maximum Gasteiger partial charge on any atom is 0.0804 e. The van der Waals surface area contributed by atoms with E-state index in [0.29, 0.717) is 5.41 Å². The van der Waals surface area contributed by atoms with Crippen LogP contribution in [-0.2, 0) is 6.42 Å². The van der Waals surface area contributed by atoms with Crippen molar-refractivity contribution in [2.45, 2.75) is 32.6 Å². The number of rotatable bonds is 1. The molecule has 2 heteroatoms. The van der Waals surface area contributed by atoms with Gasteiger partial charge in [0, 0.05) is 6.20 Å². The monoisotopic (exact) mass is 255 g/mol. The van der Waals surface area contributed by atoms with Crippen molar-refractivity contribution in [3.8, 4) is 10.6 Å². The van der Waals surface area contributed by atoms with Crippen molar-refractivity contribution in [3.05, 3.63) is 40.9 Å². The van der Waals surface area contributed by atoms with Crippen LogP contribution >= 0.6 is 11.3 Å². The number of hydrogen-bond donors (Lipinski definition) is 0. The SMILES string of the molecule is CC1(C)[C@H]2Cc3cc(-c4cccs4)ncc3[C@@H]1C2. The molecule has 0 amide bonds. The molecule has 2 aromatic heterocycles. The average Bonchev–Trinajstić information content (AvgIpc) is 2.91. The topological polar surface area (TPSA) is 12.9 Å². The van der Waals surface area contributed by atoms with Gasteiger partial charge in [0.25, 0.3) is 0 Å². The van der Waals surface area contributed by atoms with Crippen molar-refractivity contribution in [1.82, 2.24) is 4.98 Å². The van der Waals surface area contributed by atoms with E-state index in [-0.39, 0.29) is 0 Å². The fourth-order valence-corrected chi connectivity index (χ4v) is 4.41. The van der Waals surface area contributed by atoms with Gasteiger partial charge in [-0.3, -0.25) is 4.98 Å². The zero-order chi connectivity index (χ0) is 12.3. The molecule has 0 unspecified atom stereocenters. The highest BCUT2D eigenvalue weighted by Crippen LogP contribution is 2.62. The van der Waals surface area contributed by atoms with Crippen molar-refractivity contribution in [1.29, 1.82) is 0 Å². The summed E-state index contributed by atoms with van der Waals surface area (Å²) in [5.74, 6) is 1.63. The molecule has 2 aromatic rings. The van der Waals surface area contributed by atoms with E-state index in [4.69, 9.17) is 0 Å². The molecule has 2 bridgehead atoms. The Morgan fingerprint density at radius 3 is 3.00 bits per heavy atom. The van der Waals surface area contributed by atoms with Gasteiger partial charge in [0.15, 0.2) is 0 Å². The van der Waals surface area contributed by atoms with Gasteiger partial charge >= 0.3 is 0 Å². The first-order valence-electron chi connectivity index (χ1n) is 6.69. The minimum atomic E-state index is 0.499. The Labute approximate surface area is 112 Å². The summed E-state index contributed by atoms with van der Waals surface area (Å²) in [5.41, 5.74) is 4.72. The van der Waals surface area contributed by atoms with Gasteiger partial charge in [-0.05, 0) is 58.7 Å². The molecule has 0 spiro atoms. The minimum Gasteiger partial charge on any atom is -0.255 e. The highest BCUT2D eigenvalue weighted by atomic mass is 32.1. The second-order valence-corrected chi connectivity index (χ2v) is 7.20. The van der Waals surface area contributed by atoms with Gasteiger partial charge in [-0.25, -0.2) is 0 Å². The molecular weight excluding hydrogens is 238 g/mol. The summed E-state index contributed by atoms with van der Waals surface area (Å²) in [6, 6.07) is 6.59. The summed E-state index contributed by atoms with van der Waals surface area (Å²) < 4.78 is 0. The quantitative estimate of drug-likeness (QED) is 0.731. The summed E-state index contributed by atoms with van der Waals surface area (Å²) in [6.45, 7) is 4.84. The van der Waals surface area contributed by atoms with Crippen LogP contribution in [0.25, 0.3) is 10.6 Å². The van der Waals surface area contributed by atoms with Crippen molar-refractivity contribution in [3.63, 3.8) is 0 Å². The predicted octanol–water partition coefficient (Wildman–Crippen LogP) is 4.50. The van der Waals surface area contributed by atoms with E-state index >= 15 is 0 Å². The van der Waals surface area contributed by atoms with E-state index in [1.54, 1.807) is 16.9 Å². The fraction of sp³-hybridized carbons (Fsp3) is 0.438. The first-order valence-corrected chi connectivity index (χ1v) is 7.57. The maximum atomic E-state index is 4.69. The van der Waals surface area contributed by atoms with Gasteiger partial charge in [-0.15, -0.1) is 11.3 Å². The van der Waals surface area contributed by atoms with Crippen LogP contribution < -0.4 is 0 Å². The lowest BCUT2D eigenvalue weighted by Crippen LogP contribution is -2.48. The third-order valence-electron chi connectivity index (χ3n) is 5.11. The molecule has 0 saturated heterocycles. The third kappa shape index (κ3) is 1.30. The Balaban J connectivity index is 1.79. The molecule has 3 aliphatic carbocycles. The lowest BCUT2D eigenvalue weighted by atomic mass is 9.48. The molecule has 3 aliphatic rings. The van der Waals surface area contributed by atoms with Crippen LogP contribution in [0, 0.1) is 11.3 Å². The lowest BCUT2D eigenvalue weighted by Gasteiger charge is -2.57. The molecule has 18 heavy (non-hydrogen) atoms. The predicted molar refractivity (Wildman–Crippen MR) is 75.9 cm³/mol. The van der Waals surface area contributed by atoms with Gasteiger partial charge in [0.1, 0.15) is 0 Å². The number of thiophene rings is 1. The summed E-state index contributed by atoms with van der Waals surface area (Å²) in [6.07, 6.45) is 4.77. The standard InChI is InChI=1S/C16H17NS/c1-16(2)11-6-10-7-14(15-4-3-5-18-15)17-9-12(10)13(16)8-11/h3-5,7,9,11,13H,6,8H2,1-2H3/t11-,13-/m0/s1. The van der Waals surface area contributed by atoms with Crippen molar-refractivity contribution >= 4 is 11.3 Å². The summed E-state index contributed by atoms with van der Waals surface area (Å²) >= 11 is 1.78. The largest absolute Gasteiger partial charge is 0.255 e. The van der Waals surface area contributed by atoms with Crippen LogP contribution in [0.2, 0.25) is 0 Å². The van der Waals surface area contributed by atoms with E-state index in [9.17, 15) is 0 Å². The lowest BCUT2D eigenvalue weighted by molar-refractivity contribution is 0.0183. The highest BCUT2D eigenvalue weighted by Gasteiger charge is 2.52. The van der Waals surface area contributed by atoms with Crippen LogP contribution in [0.1, 0.15) is 37.3 Å². The Bertz CT molecular complexity index is 598. The number of aromatic nitrogens is 1. The van der Waals surface area contributed by atoms with Crippen LogP contribution in [0.15, 0.2) is 29.8 Å². The van der Waals surface area contributed by atoms with Gasteiger partial charge in [-0.1, -0.05) is 19.9 Å². The van der Waals surface area contributed by atoms with Crippen molar-refractivity contribution in [2.24, 2.45) is 11.3 Å². The van der Waals surface area contributed by atoms with E-state index < -0.39 is 0 Å². The molecule has 0 aliphatic heterocycles. The number of hydrogen-bond acceptors (Lipinski definition) is 2. The fourth-order valence-electron chi connectivity index (χ4n) is 3.71. The molecule has 0 N–H and O–H groups in total. The van der Waals surface area contributed by atoms with Crippen LogP contribution in [0.4, 0.5) is 0 Å². The average molecular weight is 255 g/mol. The smallest absolute Gasteiger partial charge is 0.0804 e. The summed E-state index contributed by atoms with van der Waals surface area (Å²) in [7, 11) is 0. The van der Waals surface area contributed by atoms with Gasteiger partial charge in [0.2, 0.25) is 0 Å². The van der Waals surface area contributed by atoms with E-state index in [1.807, 2.05) is 0 Å². The molecule has 1 saturated carbocycles. The van der Waals surface area contributed by atoms with Crippen LogP contribution in [0.5, 0.6) is 0 Å². The Morgan fingerprint density at radius 2 is 2.28 bits per heavy atom. The Kier molecular flexibility index (Phi) is 2.06.